The van der Waals surface area contributed by atoms with Gasteiger partial charge in [-0.2, -0.15) is 0 Å². The Hall–Kier alpha value is -1.69. The Morgan fingerprint density at radius 3 is 2.43 bits per heavy atom. The first-order valence-electron chi connectivity index (χ1n) is 7.26. The number of ketones is 1. The molecule has 0 aliphatic heterocycles. The van der Waals surface area contributed by atoms with E-state index in [4.69, 9.17) is 11.1 Å². The highest BCUT2D eigenvalue weighted by atomic mass is 16.2. The topological polar surface area (TPSA) is 108 Å². The molecule has 0 aliphatic carbocycles. The Kier molecular flexibility index (Phi) is 9.28. The number of rotatable bonds is 11. The number of nitrogens with two attached hydrogens (primary N) is 1. The minimum absolute atomic E-state index is 0.0420. The van der Waals surface area contributed by atoms with Gasteiger partial charge in [0.1, 0.15) is 0 Å². The Labute approximate surface area is 127 Å². The van der Waals surface area contributed by atoms with Gasteiger partial charge in [-0.05, 0) is 40.0 Å². The molecule has 0 heterocycles. The number of carbonyl (C=O) groups excluding carboxylic acids is 2. The lowest BCUT2D eigenvalue weighted by Crippen LogP contribution is -2.47. The SMILES string of the molecule is C=C(C)NCCC(=O)C(C)NC(=O)C(N)CCCC(C)=N. The molecule has 0 aromatic rings. The smallest absolute Gasteiger partial charge is 0.237 e. The Morgan fingerprint density at radius 1 is 1.29 bits per heavy atom. The molecule has 6 heteroatoms. The minimum atomic E-state index is -0.631. The van der Waals surface area contributed by atoms with E-state index in [1.54, 1.807) is 13.8 Å². The van der Waals surface area contributed by atoms with E-state index in [9.17, 15) is 9.59 Å². The van der Waals surface area contributed by atoms with Crippen molar-refractivity contribution >= 4 is 17.4 Å². The van der Waals surface area contributed by atoms with Crippen molar-refractivity contribution in [1.29, 1.82) is 5.41 Å². The number of hydrogen-bond donors (Lipinski definition) is 4. The number of hydrogen-bond acceptors (Lipinski definition) is 5. The third-order valence-electron chi connectivity index (χ3n) is 3.04. The van der Waals surface area contributed by atoms with Crippen LogP contribution >= 0.6 is 0 Å². The van der Waals surface area contributed by atoms with Gasteiger partial charge in [0.25, 0.3) is 0 Å². The van der Waals surface area contributed by atoms with Gasteiger partial charge in [-0.15, -0.1) is 0 Å². The van der Waals surface area contributed by atoms with E-state index in [0.29, 0.717) is 37.9 Å². The first kappa shape index (κ1) is 19.3. The van der Waals surface area contributed by atoms with Crippen LogP contribution in [0.4, 0.5) is 0 Å². The molecular weight excluding hydrogens is 268 g/mol. The zero-order valence-corrected chi connectivity index (χ0v) is 13.3. The summed E-state index contributed by atoms with van der Waals surface area (Å²) in [4.78, 5) is 23.7. The minimum Gasteiger partial charge on any atom is -0.389 e. The summed E-state index contributed by atoms with van der Waals surface area (Å²) in [6, 6.07) is -1.17. The van der Waals surface area contributed by atoms with Crippen LogP contribution in [0.1, 0.15) is 46.5 Å². The lowest BCUT2D eigenvalue weighted by Gasteiger charge is -2.17. The van der Waals surface area contributed by atoms with Gasteiger partial charge in [-0.25, -0.2) is 0 Å². The monoisotopic (exact) mass is 296 g/mol. The molecule has 5 N–H and O–H groups in total. The first-order chi connectivity index (χ1) is 9.73. The van der Waals surface area contributed by atoms with Gasteiger partial charge in [0.2, 0.25) is 5.91 Å². The molecule has 0 rings (SSSR count). The Balaban J connectivity index is 4.03. The fourth-order valence-corrected chi connectivity index (χ4v) is 1.73. The second kappa shape index (κ2) is 10.1. The van der Waals surface area contributed by atoms with E-state index in [1.807, 2.05) is 6.92 Å². The first-order valence-corrected chi connectivity index (χ1v) is 7.26. The standard InChI is InChI=1S/C15H28N4O2/c1-10(2)18-9-8-14(20)12(4)19-15(21)13(17)7-5-6-11(3)16/h12-13,16,18H,1,5-9,17H2,2-4H3,(H,19,21). The summed E-state index contributed by atoms with van der Waals surface area (Å²) in [5.41, 5.74) is 7.16. The highest BCUT2D eigenvalue weighted by Gasteiger charge is 2.19. The normalized spacial score (nSPS) is 13.1. The zero-order valence-electron chi connectivity index (χ0n) is 13.3. The average molecular weight is 296 g/mol. The van der Waals surface area contributed by atoms with Crippen molar-refractivity contribution in [1.82, 2.24) is 10.6 Å². The summed E-state index contributed by atoms with van der Waals surface area (Å²) in [7, 11) is 0. The lowest BCUT2D eigenvalue weighted by atomic mass is 10.1. The van der Waals surface area contributed by atoms with Crippen LogP contribution < -0.4 is 16.4 Å². The molecule has 0 bridgehead atoms. The van der Waals surface area contributed by atoms with Crippen molar-refractivity contribution in [2.24, 2.45) is 5.73 Å². The molecule has 21 heavy (non-hydrogen) atoms. The fraction of sp³-hybridized carbons (Fsp3) is 0.667. The molecule has 0 aromatic heterocycles. The molecular formula is C15H28N4O2. The molecule has 120 valence electrons. The van der Waals surface area contributed by atoms with Gasteiger partial charge in [0.15, 0.2) is 5.78 Å². The highest BCUT2D eigenvalue weighted by molar-refractivity contribution is 5.90. The van der Waals surface area contributed by atoms with E-state index in [2.05, 4.69) is 17.2 Å². The van der Waals surface area contributed by atoms with Crippen molar-refractivity contribution in [3.63, 3.8) is 0 Å². The van der Waals surface area contributed by atoms with Gasteiger partial charge < -0.3 is 21.8 Å². The Bertz CT molecular complexity index is 393. The Morgan fingerprint density at radius 2 is 1.90 bits per heavy atom. The van der Waals surface area contributed by atoms with E-state index in [-0.39, 0.29) is 11.7 Å². The summed E-state index contributed by atoms with van der Waals surface area (Å²) in [5, 5.41) is 12.9. The lowest BCUT2D eigenvalue weighted by molar-refractivity contribution is -0.128. The van der Waals surface area contributed by atoms with Crippen LogP contribution in [0.5, 0.6) is 0 Å². The highest BCUT2D eigenvalue weighted by Crippen LogP contribution is 2.01. The summed E-state index contributed by atoms with van der Waals surface area (Å²) in [6.07, 6.45) is 2.19. The molecule has 1 amide bonds. The maximum absolute atomic E-state index is 11.8. The molecule has 0 saturated carbocycles. The van der Waals surface area contributed by atoms with Gasteiger partial charge in [-0.1, -0.05) is 6.58 Å². The number of carbonyl (C=O) groups is 2. The second-order valence-corrected chi connectivity index (χ2v) is 5.43. The predicted octanol–water partition coefficient (Wildman–Crippen LogP) is 1.11. The van der Waals surface area contributed by atoms with E-state index >= 15 is 0 Å². The molecule has 2 atom stereocenters. The van der Waals surface area contributed by atoms with Crippen molar-refractivity contribution in [3.8, 4) is 0 Å². The van der Waals surface area contributed by atoms with Gasteiger partial charge in [0, 0.05) is 24.4 Å². The van der Waals surface area contributed by atoms with Gasteiger partial charge in [0.05, 0.1) is 12.1 Å². The summed E-state index contributed by atoms with van der Waals surface area (Å²) >= 11 is 0. The maximum Gasteiger partial charge on any atom is 0.237 e. The maximum atomic E-state index is 11.8. The number of Topliss-reactive ketones (excluding diaryl/α,β-unsaturated/α-hetero) is 1. The number of allylic oxidation sites excluding steroid dienone is 1. The molecule has 0 radical (unpaired) electrons. The number of amides is 1. The van der Waals surface area contributed by atoms with Crippen molar-refractivity contribution in [2.45, 2.75) is 58.5 Å². The molecule has 6 nitrogen and oxygen atoms in total. The molecule has 0 fully saturated rings. The third kappa shape index (κ3) is 9.79. The van der Waals surface area contributed by atoms with Crippen molar-refractivity contribution in [2.75, 3.05) is 6.54 Å². The van der Waals surface area contributed by atoms with Crippen LogP contribution in [0, 0.1) is 5.41 Å². The van der Waals surface area contributed by atoms with Crippen LogP contribution in [0.15, 0.2) is 12.3 Å². The fourth-order valence-electron chi connectivity index (χ4n) is 1.73. The average Bonchev–Trinajstić information content (AvgIpc) is 2.37. The van der Waals surface area contributed by atoms with Crippen LogP contribution in [0.3, 0.4) is 0 Å². The molecule has 2 unspecified atom stereocenters. The number of nitrogens with one attached hydrogen (secondary N) is 3. The van der Waals surface area contributed by atoms with Crippen LogP contribution in [0.2, 0.25) is 0 Å². The molecule has 0 spiro atoms. The van der Waals surface area contributed by atoms with E-state index < -0.39 is 12.1 Å². The van der Waals surface area contributed by atoms with Gasteiger partial charge >= 0.3 is 0 Å². The predicted molar refractivity (Wildman–Crippen MR) is 85.3 cm³/mol. The van der Waals surface area contributed by atoms with Gasteiger partial charge in [-0.3, -0.25) is 9.59 Å². The van der Waals surface area contributed by atoms with Crippen LogP contribution in [-0.2, 0) is 9.59 Å². The third-order valence-corrected chi connectivity index (χ3v) is 3.04. The summed E-state index contributed by atoms with van der Waals surface area (Å²) < 4.78 is 0. The molecule has 0 aromatic carbocycles. The van der Waals surface area contributed by atoms with Crippen molar-refractivity contribution in [3.05, 3.63) is 12.3 Å². The second-order valence-electron chi connectivity index (χ2n) is 5.43. The van der Waals surface area contributed by atoms with E-state index in [1.165, 1.54) is 0 Å². The molecule has 0 aliphatic rings. The zero-order chi connectivity index (χ0) is 16.4. The quantitative estimate of drug-likeness (QED) is 0.428. The molecule has 0 saturated heterocycles. The van der Waals surface area contributed by atoms with Crippen LogP contribution in [-0.4, -0.2) is 36.0 Å². The largest absolute Gasteiger partial charge is 0.389 e. The summed E-state index contributed by atoms with van der Waals surface area (Å²) in [6.45, 7) is 9.41. The van der Waals surface area contributed by atoms with Crippen LogP contribution in [0.25, 0.3) is 0 Å². The van der Waals surface area contributed by atoms with Crippen molar-refractivity contribution < 1.29 is 9.59 Å². The summed E-state index contributed by atoms with van der Waals surface area (Å²) in [5.74, 6) is -0.356. The van der Waals surface area contributed by atoms with E-state index in [0.717, 1.165) is 5.70 Å².